The summed E-state index contributed by atoms with van der Waals surface area (Å²) in [5, 5.41) is 2.49. The van der Waals surface area contributed by atoms with Crippen LogP contribution in [0, 0.1) is 6.92 Å². The molecule has 0 aromatic heterocycles. The van der Waals surface area contributed by atoms with E-state index in [0.29, 0.717) is 11.3 Å². The molecule has 0 saturated carbocycles. The van der Waals surface area contributed by atoms with Crippen LogP contribution in [0.15, 0.2) is 28.1 Å². The average Bonchev–Trinajstić information content (AvgIpc) is 2.20. The Bertz CT molecular complexity index is 625. The molecule has 0 aliphatic heterocycles. The lowest BCUT2D eigenvalue weighted by Crippen LogP contribution is -2.13. The fourth-order valence-corrected chi connectivity index (χ4v) is 2.03. The van der Waals surface area contributed by atoms with Gasteiger partial charge in [0.15, 0.2) is 0 Å². The zero-order valence-electron chi connectivity index (χ0n) is 9.40. The summed E-state index contributed by atoms with van der Waals surface area (Å²) in [5.41, 5.74) is 6.13. The van der Waals surface area contributed by atoms with E-state index in [1.165, 1.54) is 12.1 Å². The Labute approximate surface area is 113 Å². The second kappa shape index (κ2) is 5.09. The molecular formula is C10H11BrN2O4S. The van der Waals surface area contributed by atoms with Crippen LogP contribution in [-0.2, 0) is 14.9 Å². The number of anilines is 2. The van der Waals surface area contributed by atoms with Gasteiger partial charge in [0, 0.05) is 5.69 Å². The summed E-state index contributed by atoms with van der Waals surface area (Å²) in [6, 6.07) is 2.43. The third-order valence-corrected chi connectivity index (χ3v) is 3.40. The first-order chi connectivity index (χ1) is 8.12. The number of nitrogen functional groups attached to an aromatic ring is 1. The van der Waals surface area contributed by atoms with Gasteiger partial charge >= 0.3 is 0 Å². The molecule has 8 heteroatoms. The predicted molar refractivity (Wildman–Crippen MR) is 72.1 cm³/mol. The highest BCUT2D eigenvalue weighted by molar-refractivity contribution is 9.12. The van der Waals surface area contributed by atoms with E-state index in [2.05, 4.69) is 27.8 Å². The molecule has 1 rings (SSSR count). The van der Waals surface area contributed by atoms with Crippen LogP contribution in [0.5, 0.6) is 0 Å². The van der Waals surface area contributed by atoms with Crippen LogP contribution >= 0.6 is 15.9 Å². The minimum absolute atomic E-state index is 0.124. The van der Waals surface area contributed by atoms with E-state index in [0.717, 1.165) is 0 Å². The van der Waals surface area contributed by atoms with Crippen molar-refractivity contribution in [3.8, 4) is 0 Å². The zero-order chi connectivity index (χ0) is 14.1. The summed E-state index contributed by atoms with van der Waals surface area (Å²) in [4.78, 5) is 11.0. The highest BCUT2D eigenvalue weighted by Crippen LogP contribution is 2.26. The lowest BCUT2D eigenvalue weighted by atomic mass is 10.2. The molecule has 0 atom stereocenters. The Morgan fingerprint density at radius 1 is 1.50 bits per heavy atom. The molecule has 0 saturated heterocycles. The van der Waals surface area contributed by atoms with E-state index in [4.69, 9.17) is 10.3 Å². The van der Waals surface area contributed by atoms with Crippen molar-refractivity contribution in [2.24, 2.45) is 0 Å². The quantitative estimate of drug-likeness (QED) is 0.442. The molecule has 18 heavy (non-hydrogen) atoms. The molecule has 6 nitrogen and oxygen atoms in total. The molecule has 0 aliphatic rings. The van der Waals surface area contributed by atoms with Gasteiger partial charge in [-0.15, -0.1) is 0 Å². The summed E-state index contributed by atoms with van der Waals surface area (Å²) in [6.45, 7) is 4.97. The molecule has 0 aliphatic carbocycles. The first-order valence-corrected chi connectivity index (χ1v) is 6.89. The van der Waals surface area contributed by atoms with E-state index in [-0.39, 0.29) is 10.2 Å². The van der Waals surface area contributed by atoms with Crippen molar-refractivity contribution >= 4 is 43.3 Å². The molecule has 0 radical (unpaired) electrons. The van der Waals surface area contributed by atoms with Gasteiger partial charge in [-0.05, 0) is 40.5 Å². The van der Waals surface area contributed by atoms with Gasteiger partial charge in [-0.1, -0.05) is 6.58 Å². The van der Waals surface area contributed by atoms with Crippen molar-refractivity contribution in [3.63, 3.8) is 0 Å². The summed E-state index contributed by atoms with van der Waals surface area (Å²) in [7, 11) is -4.38. The summed E-state index contributed by atoms with van der Waals surface area (Å²) < 4.78 is 31.1. The lowest BCUT2D eigenvalue weighted by molar-refractivity contribution is -0.112. The maximum atomic E-state index is 11.4. The van der Waals surface area contributed by atoms with Crippen LogP contribution in [0.2, 0.25) is 0 Å². The SMILES string of the molecule is C=C(Br)C(=O)Nc1cc(N)c(S(=O)(=O)O)cc1C. The summed E-state index contributed by atoms with van der Waals surface area (Å²) in [5.74, 6) is -0.475. The smallest absolute Gasteiger partial charge is 0.296 e. The molecule has 4 N–H and O–H groups in total. The largest absolute Gasteiger partial charge is 0.398 e. The number of nitrogens with one attached hydrogen (secondary N) is 1. The molecule has 0 unspecified atom stereocenters. The minimum atomic E-state index is -4.38. The molecule has 98 valence electrons. The number of amides is 1. The third kappa shape index (κ3) is 3.31. The third-order valence-electron chi connectivity index (χ3n) is 2.13. The topological polar surface area (TPSA) is 109 Å². The Hall–Kier alpha value is -1.38. The van der Waals surface area contributed by atoms with Crippen LogP contribution in [0.25, 0.3) is 0 Å². The summed E-state index contributed by atoms with van der Waals surface area (Å²) >= 11 is 2.91. The van der Waals surface area contributed by atoms with Gasteiger partial charge < -0.3 is 11.1 Å². The van der Waals surface area contributed by atoms with Gasteiger partial charge in [-0.3, -0.25) is 9.35 Å². The van der Waals surface area contributed by atoms with Gasteiger partial charge in [0.2, 0.25) is 0 Å². The van der Waals surface area contributed by atoms with Crippen LogP contribution in [0.4, 0.5) is 11.4 Å². The minimum Gasteiger partial charge on any atom is -0.398 e. The highest BCUT2D eigenvalue weighted by Gasteiger charge is 2.17. The Balaban J connectivity index is 3.24. The highest BCUT2D eigenvalue weighted by atomic mass is 79.9. The Kier molecular flexibility index (Phi) is 4.15. The van der Waals surface area contributed by atoms with Crippen molar-refractivity contribution in [1.82, 2.24) is 0 Å². The molecule has 0 spiro atoms. The number of aryl methyl sites for hydroxylation is 1. The van der Waals surface area contributed by atoms with Crippen LogP contribution in [0.3, 0.4) is 0 Å². The van der Waals surface area contributed by atoms with Gasteiger partial charge in [-0.2, -0.15) is 8.42 Å². The predicted octanol–water partition coefficient (Wildman–Crippen LogP) is 1.67. The van der Waals surface area contributed by atoms with Crippen molar-refractivity contribution in [2.45, 2.75) is 11.8 Å². The number of nitrogens with two attached hydrogens (primary N) is 1. The maximum absolute atomic E-state index is 11.4. The maximum Gasteiger partial charge on any atom is 0.296 e. The molecular weight excluding hydrogens is 324 g/mol. The number of halogens is 1. The molecule has 0 heterocycles. The van der Waals surface area contributed by atoms with Gasteiger partial charge in [-0.25, -0.2) is 0 Å². The normalized spacial score (nSPS) is 11.1. The number of benzene rings is 1. The average molecular weight is 335 g/mol. The Morgan fingerprint density at radius 2 is 2.06 bits per heavy atom. The van der Waals surface area contributed by atoms with Crippen molar-refractivity contribution in [2.75, 3.05) is 11.1 Å². The van der Waals surface area contributed by atoms with Gasteiger partial charge in [0.05, 0.1) is 10.2 Å². The van der Waals surface area contributed by atoms with Crippen LogP contribution in [0.1, 0.15) is 5.56 Å². The standard InChI is InChI=1S/C10H11BrN2O4S/c1-5-3-9(18(15,16)17)7(12)4-8(5)13-10(14)6(2)11/h3-4H,2,12H2,1H3,(H,13,14)(H,15,16,17). The molecule has 0 fully saturated rings. The van der Waals surface area contributed by atoms with E-state index in [1.807, 2.05) is 0 Å². The fraction of sp³-hybridized carbons (Fsp3) is 0.100. The molecule has 0 bridgehead atoms. The number of carbonyl (C=O) groups excluding carboxylic acids is 1. The van der Waals surface area contributed by atoms with E-state index >= 15 is 0 Å². The molecule has 1 aromatic carbocycles. The first-order valence-electron chi connectivity index (χ1n) is 4.66. The van der Waals surface area contributed by atoms with Crippen molar-refractivity contribution < 1.29 is 17.8 Å². The summed E-state index contributed by atoms with van der Waals surface area (Å²) in [6.07, 6.45) is 0. The van der Waals surface area contributed by atoms with E-state index < -0.39 is 20.9 Å². The fourth-order valence-electron chi connectivity index (χ4n) is 1.25. The molecule has 1 aromatic rings. The van der Waals surface area contributed by atoms with Crippen LogP contribution in [-0.4, -0.2) is 18.9 Å². The zero-order valence-corrected chi connectivity index (χ0v) is 11.8. The van der Waals surface area contributed by atoms with Gasteiger partial charge in [0.25, 0.3) is 16.0 Å². The van der Waals surface area contributed by atoms with Crippen molar-refractivity contribution in [3.05, 3.63) is 28.8 Å². The second-order valence-electron chi connectivity index (χ2n) is 3.54. The number of hydrogen-bond acceptors (Lipinski definition) is 4. The van der Waals surface area contributed by atoms with E-state index in [9.17, 15) is 13.2 Å². The first kappa shape index (κ1) is 14.7. The second-order valence-corrected chi connectivity index (χ2v) is 5.89. The van der Waals surface area contributed by atoms with Gasteiger partial charge in [0.1, 0.15) is 4.90 Å². The number of rotatable bonds is 3. The molecule has 1 amide bonds. The monoisotopic (exact) mass is 334 g/mol. The lowest BCUT2D eigenvalue weighted by Gasteiger charge is -2.11. The van der Waals surface area contributed by atoms with E-state index in [1.54, 1.807) is 6.92 Å². The van der Waals surface area contributed by atoms with Crippen molar-refractivity contribution in [1.29, 1.82) is 0 Å². The number of hydrogen-bond donors (Lipinski definition) is 3. The number of carbonyl (C=O) groups is 1. The Morgan fingerprint density at radius 3 is 2.50 bits per heavy atom. The van der Waals surface area contributed by atoms with Crippen LogP contribution < -0.4 is 11.1 Å².